The van der Waals surface area contributed by atoms with Crippen molar-refractivity contribution in [1.29, 1.82) is 0 Å². The Kier molecular flexibility index (Phi) is 5.31. The van der Waals surface area contributed by atoms with Gasteiger partial charge in [-0.1, -0.05) is 42.0 Å². The first-order valence-corrected chi connectivity index (χ1v) is 11.0. The maximum absolute atomic E-state index is 13.2. The van der Waals surface area contributed by atoms with E-state index in [0.29, 0.717) is 5.57 Å². The number of carbonyl (C=O) groups is 2. The summed E-state index contributed by atoms with van der Waals surface area (Å²) in [5, 5.41) is 13.5. The molecule has 2 amide bonds. The molecule has 1 fully saturated rings. The molecular weight excluding hydrogens is 454 g/mol. The quantitative estimate of drug-likeness (QED) is 0.259. The highest BCUT2D eigenvalue weighted by molar-refractivity contribution is 6.22. The molecule has 5 rings (SSSR count). The second-order valence-corrected chi connectivity index (χ2v) is 8.72. The van der Waals surface area contributed by atoms with Crippen molar-refractivity contribution in [3.63, 3.8) is 0 Å². The van der Waals surface area contributed by atoms with Crippen LogP contribution in [0.5, 0.6) is 0 Å². The third kappa shape index (κ3) is 3.70. The average Bonchev–Trinajstić information content (AvgIpc) is 3.26. The lowest BCUT2D eigenvalue weighted by Gasteiger charge is -2.27. The van der Waals surface area contributed by atoms with Gasteiger partial charge in [0.15, 0.2) is 0 Å². The number of fused-ring (bicyclic) bond motifs is 1. The van der Waals surface area contributed by atoms with E-state index in [1.165, 1.54) is 28.9 Å². The van der Waals surface area contributed by atoms with Gasteiger partial charge >= 0.3 is 11.4 Å². The first-order chi connectivity index (χ1) is 16.8. The molecule has 0 unspecified atom stereocenters. The summed E-state index contributed by atoms with van der Waals surface area (Å²) >= 11 is 0. The first kappa shape index (κ1) is 22.3. The van der Waals surface area contributed by atoms with E-state index in [4.69, 9.17) is 0 Å². The zero-order valence-electron chi connectivity index (χ0n) is 18.7. The monoisotopic (exact) mass is 475 g/mol. The zero-order chi connectivity index (χ0) is 24.9. The van der Waals surface area contributed by atoms with Gasteiger partial charge in [0, 0.05) is 12.1 Å². The highest BCUT2D eigenvalue weighted by Crippen LogP contribution is 2.42. The van der Waals surface area contributed by atoms with Gasteiger partial charge in [-0.15, -0.1) is 0 Å². The molecule has 0 radical (unpaired) electrons. The van der Waals surface area contributed by atoms with Gasteiger partial charge in [-0.3, -0.25) is 19.7 Å². The summed E-state index contributed by atoms with van der Waals surface area (Å²) in [5.74, 6) is -2.29. The maximum atomic E-state index is 13.2. The fourth-order valence-corrected chi connectivity index (χ4v) is 4.84. The molecule has 11 heteroatoms. The lowest BCUT2D eigenvalue weighted by molar-refractivity contribution is -0.384. The van der Waals surface area contributed by atoms with Crippen molar-refractivity contribution in [2.24, 2.45) is 11.8 Å². The summed E-state index contributed by atoms with van der Waals surface area (Å²) in [6.45, 7) is 1.86. The molecule has 2 heterocycles. The second-order valence-electron chi connectivity index (χ2n) is 8.72. The van der Waals surface area contributed by atoms with Gasteiger partial charge in [0.25, 0.3) is 5.69 Å². The number of nitrogens with zero attached hydrogens (tertiary/aromatic N) is 4. The number of carbonyl (C=O) groups excluding carboxylic acids is 2. The van der Waals surface area contributed by atoms with Crippen molar-refractivity contribution in [3.8, 4) is 0 Å². The largest absolute Gasteiger partial charge is 0.347 e. The van der Waals surface area contributed by atoms with E-state index in [2.05, 4.69) is 5.10 Å². The zero-order valence-corrected chi connectivity index (χ0v) is 18.7. The third-order valence-corrected chi connectivity index (χ3v) is 6.63. The number of nitrogens with one attached hydrogen (secondary N) is 1. The molecule has 178 valence electrons. The Bertz CT molecular complexity index is 1480. The summed E-state index contributed by atoms with van der Waals surface area (Å²) in [4.78, 5) is 63.4. The molecule has 0 bridgehead atoms. The van der Waals surface area contributed by atoms with Gasteiger partial charge in [-0.25, -0.2) is 28.8 Å². The van der Waals surface area contributed by atoms with E-state index >= 15 is 0 Å². The number of amides is 2. The molecule has 1 aromatic heterocycles. The van der Waals surface area contributed by atoms with E-state index in [9.17, 15) is 29.3 Å². The van der Waals surface area contributed by atoms with Crippen LogP contribution < -0.4 is 16.3 Å². The number of nitro groups is 1. The first-order valence-electron chi connectivity index (χ1n) is 11.0. The summed E-state index contributed by atoms with van der Waals surface area (Å²) in [7, 11) is 0. The minimum Gasteiger partial charge on any atom is -0.274 e. The predicted molar refractivity (Wildman–Crippen MR) is 125 cm³/mol. The van der Waals surface area contributed by atoms with Crippen LogP contribution in [0.4, 0.5) is 11.4 Å². The Morgan fingerprint density at radius 1 is 1.00 bits per heavy atom. The molecule has 0 spiro atoms. The number of aromatic nitrogens is 3. The molecule has 35 heavy (non-hydrogen) atoms. The van der Waals surface area contributed by atoms with Crippen LogP contribution in [0.2, 0.25) is 0 Å². The minimum atomic E-state index is -0.723. The van der Waals surface area contributed by atoms with Crippen LogP contribution in [-0.4, -0.2) is 31.1 Å². The number of anilines is 1. The van der Waals surface area contributed by atoms with Gasteiger partial charge in [0.1, 0.15) is 0 Å². The number of hydrogen-bond acceptors (Lipinski definition) is 6. The number of hydrogen-bond donors (Lipinski definition) is 1. The van der Waals surface area contributed by atoms with Crippen LogP contribution in [0.1, 0.15) is 24.9 Å². The standard InChI is InChI=1S/C24H21N5O6/c1-14-11-18-19(22(31)27(21(18)30)16-7-9-17(10-8-16)29(34)35)12-20(14)28-24(33)26(23(32)25-28)13-15-5-3-2-4-6-15/h2-11,18-20H,12-13H2,1H3,(H,25,32)/t18-,19+,20+/m1/s1. The normalized spacial score (nSPS) is 21.7. The number of benzene rings is 2. The molecular formula is C24H21N5O6. The number of aromatic amines is 1. The predicted octanol–water partition coefficient (Wildman–Crippen LogP) is 1.99. The van der Waals surface area contributed by atoms with E-state index in [-0.39, 0.29) is 24.3 Å². The molecule has 0 saturated carbocycles. The highest BCUT2D eigenvalue weighted by Gasteiger charge is 2.50. The SMILES string of the molecule is CC1=C[C@H]2C(=O)N(c3ccc([N+](=O)[O-])cc3)C(=O)[C@H]2C[C@@H]1n1[nH]c(=O)n(Cc2ccccc2)c1=O. The van der Waals surface area contributed by atoms with Gasteiger partial charge in [0.05, 0.1) is 35.0 Å². The van der Waals surface area contributed by atoms with Crippen molar-refractivity contribution < 1.29 is 14.5 Å². The van der Waals surface area contributed by atoms with Gasteiger partial charge < -0.3 is 0 Å². The Morgan fingerprint density at radius 2 is 1.69 bits per heavy atom. The molecule has 3 aromatic rings. The van der Waals surface area contributed by atoms with Crippen molar-refractivity contribution >= 4 is 23.2 Å². The van der Waals surface area contributed by atoms with Crippen molar-refractivity contribution in [1.82, 2.24) is 14.3 Å². The van der Waals surface area contributed by atoms with Crippen LogP contribution in [0, 0.1) is 22.0 Å². The number of non-ortho nitro benzene ring substituents is 1. The molecule has 2 aliphatic rings. The Balaban J connectivity index is 1.44. The smallest absolute Gasteiger partial charge is 0.274 e. The molecule has 1 N–H and O–H groups in total. The number of allylic oxidation sites excluding steroid dienone is 1. The van der Waals surface area contributed by atoms with Crippen LogP contribution in [0.25, 0.3) is 0 Å². The summed E-state index contributed by atoms with van der Waals surface area (Å²) in [6, 6.07) is 13.7. The topological polar surface area (TPSA) is 140 Å². The van der Waals surface area contributed by atoms with Gasteiger partial charge in [-0.2, -0.15) is 0 Å². The Labute approximate surface area is 198 Å². The van der Waals surface area contributed by atoms with E-state index in [0.717, 1.165) is 15.0 Å². The number of imide groups is 1. The Morgan fingerprint density at radius 3 is 2.34 bits per heavy atom. The average molecular weight is 475 g/mol. The number of nitro benzene ring substituents is 1. The molecule has 2 aromatic carbocycles. The summed E-state index contributed by atoms with van der Waals surface area (Å²) in [6.07, 6.45) is 1.83. The molecule has 11 nitrogen and oxygen atoms in total. The van der Waals surface area contributed by atoms with Crippen molar-refractivity contribution in [2.45, 2.75) is 25.9 Å². The third-order valence-electron chi connectivity index (χ3n) is 6.63. The number of H-pyrrole nitrogens is 1. The summed E-state index contributed by atoms with van der Waals surface area (Å²) < 4.78 is 2.32. The summed E-state index contributed by atoms with van der Waals surface area (Å²) in [5.41, 5.74) is 0.498. The fraction of sp³-hybridized carbons (Fsp3) is 0.250. The lowest BCUT2D eigenvalue weighted by atomic mass is 9.80. The van der Waals surface area contributed by atoms with Crippen LogP contribution in [0.3, 0.4) is 0 Å². The lowest BCUT2D eigenvalue weighted by Crippen LogP contribution is -2.35. The second kappa shape index (κ2) is 8.35. The molecule has 1 aliphatic carbocycles. The van der Waals surface area contributed by atoms with E-state index in [1.54, 1.807) is 13.0 Å². The van der Waals surface area contributed by atoms with Crippen LogP contribution in [0.15, 0.2) is 75.8 Å². The number of rotatable bonds is 5. The van der Waals surface area contributed by atoms with Crippen LogP contribution >= 0.6 is 0 Å². The molecule has 1 saturated heterocycles. The fourth-order valence-electron chi connectivity index (χ4n) is 4.84. The Hall–Kier alpha value is -4.54. The van der Waals surface area contributed by atoms with Crippen molar-refractivity contribution in [2.75, 3.05) is 4.90 Å². The highest BCUT2D eigenvalue weighted by atomic mass is 16.6. The van der Waals surface area contributed by atoms with E-state index in [1.807, 2.05) is 30.3 Å². The minimum absolute atomic E-state index is 0.106. The molecule has 1 aliphatic heterocycles. The maximum Gasteiger partial charge on any atom is 0.347 e. The van der Waals surface area contributed by atoms with Crippen LogP contribution in [-0.2, 0) is 16.1 Å². The van der Waals surface area contributed by atoms with E-state index < -0.39 is 46.0 Å². The van der Waals surface area contributed by atoms with Gasteiger partial charge in [-0.05, 0) is 31.0 Å². The van der Waals surface area contributed by atoms with Gasteiger partial charge in [0.2, 0.25) is 11.8 Å². The van der Waals surface area contributed by atoms with Crippen molar-refractivity contribution in [3.05, 3.63) is 103 Å². The molecule has 3 atom stereocenters.